The van der Waals surface area contributed by atoms with Crippen molar-refractivity contribution in [2.24, 2.45) is 5.73 Å². The average Bonchev–Trinajstić information content (AvgIpc) is 3.79. The Bertz CT molecular complexity index is 1800. The van der Waals surface area contributed by atoms with Crippen LogP contribution in [0.5, 0.6) is 0 Å². The standard InChI is InChI=1S/C34H36N4O6.C2HF3O2/c1-44-32(43)34(33(22-40,37-34)15-17-39)20-24-12-14-28(26(19-24)25-9-5-2-6-10-25)38-29-13-11-23(8-4-3-7-16-35)18-27(29)31(42)36-21-30(38)41;3-2(4,5)1(6)7/h2,5-6,9-14,17-19,22,37H,3-4,7-8,15-16,20-21,35H2,1H3,(H,36,42);(H,6,7)/t33?,34-;/m0./s1. The van der Waals surface area contributed by atoms with Gasteiger partial charge in [-0.15, -0.1) is 0 Å². The molecule has 1 saturated heterocycles. The van der Waals surface area contributed by atoms with E-state index < -0.39 is 29.2 Å². The molecule has 1 unspecified atom stereocenters. The van der Waals surface area contributed by atoms with Gasteiger partial charge in [-0.25, -0.2) is 9.59 Å². The van der Waals surface area contributed by atoms with Gasteiger partial charge in [-0.3, -0.25) is 19.8 Å². The molecule has 0 saturated carbocycles. The maximum Gasteiger partial charge on any atom is 0.490 e. The molecule has 5 N–H and O–H groups in total. The molecule has 0 aliphatic carbocycles. The second-order valence-corrected chi connectivity index (χ2v) is 12.0. The molecule has 3 aromatic carbocycles. The number of carboxylic acids is 1. The molecule has 12 nitrogen and oxygen atoms in total. The van der Waals surface area contributed by atoms with E-state index in [1.807, 2.05) is 54.6 Å². The number of carbonyl (C=O) groups is 6. The number of alkyl halides is 3. The number of hydrogen-bond acceptors (Lipinski definition) is 9. The molecule has 0 radical (unpaired) electrons. The smallest absolute Gasteiger partial charge is 0.475 e. The molecule has 3 aromatic rings. The number of ether oxygens (including phenoxy) is 1. The Kier molecular flexibility index (Phi) is 12.1. The van der Waals surface area contributed by atoms with Crippen LogP contribution in [0.1, 0.15) is 47.2 Å². The van der Waals surface area contributed by atoms with E-state index in [4.69, 9.17) is 20.4 Å². The molecule has 51 heavy (non-hydrogen) atoms. The third-order valence-electron chi connectivity index (χ3n) is 8.74. The third kappa shape index (κ3) is 8.32. The highest BCUT2D eigenvalue weighted by Crippen LogP contribution is 2.45. The predicted octanol–water partition coefficient (Wildman–Crippen LogP) is 3.65. The third-order valence-corrected chi connectivity index (χ3v) is 8.74. The molecule has 2 heterocycles. The first-order chi connectivity index (χ1) is 24.3. The molecule has 2 amide bonds. The topological polar surface area (TPSA) is 195 Å². The Morgan fingerprint density at radius 2 is 1.59 bits per heavy atom. The van der Waals surface area contributed by atoms with Crippen LogP contribution in [0.25, 0.3) is 11.1 Å². The van der Waals surface area contributed by atoms with Crippen molar-refractivity contribution < 1.29 is 51.8 Å². The zero-order valence-electron chi connectivity index (χ0n) is 27.6. The quantitative estimate of drug-likeness (QED) is 0.0880. The first kappa shape index (κ1) is 38.4. The summed E-state index contributed by atoms with van der Waals surface area (Å²) >= 11 is 0. The van der Waals surface area contributed by atoms with E-state index >= 15 is 0 Å². The van der Waals surface area contributed by atoms with Crippen molar-refractivity contribution in [2.45, 2.75) is 55.8 Å². The van der Waals surface area contributed by atoms with Gasteiger partial charge in [0, 0.05) is 18.4 Å². The lowest BCUT2D eigenvalue weighted by molar-refractivity contribution is -0.192. The first-order valence-corrected chi connectivity index (χ1v) is 16.0. The van der Waals surface area contributed by atoms with Gasteiger partial charge in [-0.2, -0.15) is 13.2 Å². The number of aryl methyl sites for hydroxylation is 1. The lowest BCUT2D eigenvalue weighted by atomic mass is 9.85. The number of fused-ring (bicyclic) bond motifs is 1. The Morgan fingerprint density at radius 3 is 2.18 bits per heavy atom. The fourth-order valence-electron chi connectivity index (χ4n) is 6.10. The van der Waals surface area contributed by atoms with E-state index in [1.165, 1.54) is 7.11 Å². The summed E-state index contributed by atoms with van der Waals surface area (Å²) in [4.78, 5) is 73.6. The van der Waals surface area contributed by atoms with Crippen molar-refractivity contribution in [1.82, 2.24) is 10.6 Å². The van der Waals surface area contributed by atoms with Gasteiger partial charge in [-0.05, 0) is 66.8 Å². The van der Waals surface area contributed by atoms with Gasteiger partial charge in [0.25, 0.3) is 11.8 Å². The highest BCUT2D eigenvalue weighted by molar-refractivity contribution is 6.14. The molecule has 2 atom stereocenters. The number of aldehydes is 2. The number of carbonyl (C=O) groups excluding carboxylic acids is 5. The summed E-state index contributed by atoms with van der Waals surface area (Å²) in [6.45, 7) is 0.460. The van der Waals surface area contributed by atoms with E-state index in [2.05, 4.69) is 10.6 Å². The van der Waals surface area contributed by atoms with Crippen molar-refractivity contribution >= 4 is 47.7 Å². The van der Waals surface area contributed by atoms with E-state index in [0.29, 0.717) is 47.2 Å². The van der Waals surface area contributed by atoms with E-state index in [9.17, 15) is 37.1 Å². The number of amides is 2. The SMILES string of the molecule is COC(=O)[C@]1(Cc2ccc(N3C(=O)CNC(=O)c4cc(CCCCCN)ccc43)c(-c3ccccc3)c2)NC1(C=O)CC=O.O=C(O)C(F)(F)F. The van der Waals surface area contributed by atoms with E-state index in [1.54, 1.807) is 17.0 Å². The van der Waals surface area contributed by atoms with Crippen molar-refractivity contribution in [3.05, 3.63) is 83.4 Å². The summed E-state index contributed by atoms with van der Waals surface area (Å²) in [5.74, 6) is -4.03. The van der Waals surface area contributed by atoms with Crippen molar-refractivity contribution in [1.29, 1.82) is 0 Å². The molecule has 1 fully saturated rings. The summed E-state index contributed by atoms with van der Waals surface area (Å²) < 4.78 is 36.8. The fraction of sp³-hybridized carbons (Fsp3) is 0.333. The van der Waals surface area contributed by atoms with Crippen molar-refractivity contribution in [3.8, 4) is 11.1 Å². The number of benzene rings is 3. The van der Waals surface area contributed by atoms with Crippen LogP contribution in [0.2, 0.25) is 0 Å². The molecule has 2 aliphatic rings. The number of esters is 1. The average molecular weight is 711 g/mol. The van der Waals surface area contributed by atoms with Gasteiger partial charge in [-0.1, -0.05) is 48.9 Å². The van der Waals surface area contributed by atoms with Crippen LogP contribution in [0.15, 0.2) is 66.7 Å². The lowest BCUT2D eigenvalue weighted by Crippen LogP contribution is -2.39. The number of nitrogens with zero attached hydrogens (tertiary/aromatic N) is 1. The highest BCUT2D eigenvalue weighted by Gasteiger charge is 2.72. The molecule has 5 rings (SSSR count). The molecular weight excluding hydrogens is 673 g/mol. The number of rotatable bonds is 13. The van der Waals surface area contributed by atoms with Crippen LogP contribution >= 0.6 is 0 Å². The maximum atomic E-state index is 13.6. The number of methoxy groups -OCH3 is 1. The van der Waals surface area contributed by atoms with Crippen LogP contribution in [0.4, 0.5) is 24.5 Å². The Balaban J connectivity index is 0.000000755. The number of anilines is 2. The second-order valence-electron chi connectivity index (χ2n) is 12.0. The minimum Gasteiger partial charge on any atom is -0.475 e. The maximum absolute atomic E-state index is 13.6. The molecule has 0 aromatic heterocycles. The van der Waals surface area contributed by atoms with Crippen molar-refractivity contribution in [3.63, 3.8) is 0 Å². The van der Waals surface area contributed by atoms with Crippen LogP contribution in [-0.4, -0.2) is 78.9 Å². The summed E-state index contributed by atoms with van der Waals surface area (Å²) in [6.07, 6.45) is -0.319. The first-order valence-electron chi connectivity index (χ1n) is 16.0. The fourth-order valence-corrected chi connectivity index (χ4v) is 6.10. The zero-order chi connectivity index (χ0) is 37.4. The Labute approximate surface area is 291 Å². The molecule has 0 spiro atoms. The van der Waals surface area contributed by atoms with Gasteiger partial charge in [0.2, 0.25) is 0 Å². The van der Waals surface area contributed by atoms with Crippen LogP contribution in [0.3, 0.4) is 0 Å². The minimum atomic E-state index is -5.08. The van der Waals surface area contributed by atoms with Crippen LogP contribution in [0, 0.1) is 0 Å². The predicted molar refractivity (Wildman–Crippen MR) is 179 cm³/mol. The number of aliphatic carboxylic acids is 1. The number of nitrogens with two attached hydrogens (primary N) is 1. The van der Waals surface area contributed by atoms with Crippen LogP contribution in [-0.2, 0) is 41.6 Å². The summed E-state index contributed by atoms with van der Waals surface area (Å²) in [5, 5.41) is 12.8. The summed E-state index contributed by atoms with van der Waals surface area (Å²) in [6, 6.07) is 20.5. The number of nitrogens with one attached hydrogen (secondary N) is 2. The molecule has 0 bridgehead atoms. The molecule has 15 heteroatoms. The van der Waals surface area contributed by atoms with Crippen LogP contribution < -0.4 is 21.3 Å². The Hall–Kier alpha value is -5.41. The van der Waals surface area contributed by atoms with E-state index in [0.717, 1.165) is 36.8 Å². The van der Waals surface area contributed by atoms with E-state index in [-0.39, 0.29) is 31.2 Å². The monoisotopic (exact) mass is 710 g/mol. The number of unbranched alkanes of at least 4 members (excludes halogenated alkanes) is 2. The normalized spacial score (nSPS) is 19.4. The second kappa shape index (κ2) is 16.1. The molecular formula is C36H37F3N4O8. The Morgan fingerprint density at radius 1 is 0.961 bits per heavy atom. The minimum absolute atomic E-state index is 0.0739. The lowest BCUT2D eigenvalue weighted by Gasteiger charge is -2.26. The highest BCUT2D eigenvalue weighted by atomic mass is 19.4. The van der Waals surface area contributed by atoms with Gasteiger partial charge in [0.15, 0.2) is 0 Å². The van der Waals surface area contributed by atoms with Crippen molar-refractivity contribution in [2.75, 3.05) is 25.1 Å². The zero-order valence-corrected chi connectivity index (χ0v) is 27.6. The number of carboxylic acid groups (broad SMARTS) is 1. The summed E-state index contributed by atoms with van der Waals surface area (Å²) in [7, 11) is 1.24. The van der Waals surface area contributed by atoms with Gasteiger partial charge < -0.3 is 30.5 Å². The summed E-state index contributed by atoms with van der Waals surface area (Å²) in [5.41, 5.74) is 7.49. The molecule has 2 aliphatic heterocycles. The number of halogens is 3. The molecule has 270 valence electrons. The number of hydrogen-bond donors (Lipinski definition) is 4. The van der Waals surface area contributed by atoms with Gasteiger partial charge in [0.05, 0.1) is 30.6 Å². The largest absolute Gasteiger partial charge is 0.490 e. The van der Waals surface area contributed by atoms with Gasteiger partial charge >= 0.3 is 18.1 Å². The van der Waals surface area contributed by atoms with Gasteiger partial charge in [0.1, 0.15) is 23.7 Å².